The van der Waals surface area contributed by atoms with Gasteiger partial charge in [0.15, 0.2) is 5.78 Å². The maximum atomic E-state index is 14.4. The van der Waals surface area contributed by atoms with Crippen LogP contribution in [0.25, 0.3) is 5.70 Å². The number of pyridine rings is 1. The lowest BCUT2D eigenvalue weighted by molar-refractivity contribution is 0.102. The van der Waals surface area contributed by atoms with E-state index >= 15 is 0 Å². The number of nitrogens with two attached hydrogens (primary N) is 1. The van der Waals surface area contributed by atoms with Crippen LogP contribution in [0.4, 0.5) is 13.2 Å². The lowest BCUT2D eigenvalue weighted by Crippen LogP contribution is -2.15. The number of halogens is 4. The molecular formula is C21H14ClF3N2O. The molecule has 2 N–H and O–H groups in total. The second-order valence-electron chi connectivity index (χ2n) is 6.01. The van der Waals surface area contributed by atoms with Crippen molar-refractivity contribution in [1.82, 2.24) is 4.98 Å². The summed E-state index contributed by atoms with van der Waals surface area (Å²) in [6.45, 7) is 0. The van der Waals surface area contributed by atoms with Gasteiger partial charge in [-0.1, -0.05) is 17.7 Å². The normalized spacial score (nSPS) is 11.9. The lowest BCUT2D eigenvalue weighted by atomic mass is 9.93. The molecule has 0 aliphatic heterocycles. The van der Waals surface area contributed by atoms with E-state index in [0.717, 1.165) is 18.2 Å². The van der Waals surface area contributed by atoms with Crippen LogP contribution >= 0.6 is 11.6 Å². The van der Waals surface area contributed by atoms with E-state index in [2.05, 4.69) is 4.98 Å². The van der Waals surface area contributed by atoms with Gasteiger partial charge in [-0.25, -0.2) is 13.2 Å². The molecule has 0 bridgehead atoms. The highest BCUT2D eigenvalue weighted by atomic mass is 35.5. The SMILES string of the molecule is NC(=C(Cc1cccnc1)C(=O)c1ccc(F)cc1F)c1ccc(Cl)cc1F. The lowest BCUT2D eigenvalue weighted by Gasteiger charge is -2.13. The van der Waals surface area contributed by atoms with Crippen LogP contribution in [-0.2, 0) is 6.42 Å². The Balaban J connectivity index is 2.15. The van der Waals surface area contributed by atoms with Gasteiger partial charge in [-0.05, 0) is 42.0 Å². The van der Waals surface area contributed by atoms with E-state index < -0.39 is 23.2 Å². The average Bonchev–Trinajstić information content (AvgIpc) is 2.66. The number of Topliss-reactive ketones (excluding diaryl/α,β-unsaturated/α-hetero) is 1. The van der Waals surface area contributed by atoms with Crippen molar-refractivity contribution in [3.63, 3.8) is 0 Å². The Bertz CT molecular complexity index is 1070. The molecular weight excluding hydrogens is 389 g/mol. The summed E-state index contributed by atoms with van der Waals surface area (Å²) in [5.74, 6) is -3.34. The van der Waals surface area contributed by atoms with Crippen molar-refractivity contribution in [2.45, 2.75) is 6.42 Å². The molecule has 0 saturated heterocycles. The van der Waals surface area contributed by atoms with Crippen molar-refractivity contribution in [1.29, 1.82) is 0 Å². The van der Waals surface area contributed by atoms with E-state index in [9.17, 15) is 18.0 Å². The largest absolute Gasteiger partial charge is 0.398 e. The van der Waals surface area contributed by atoms with Gasteiger partial charge in [-0.15, -0.1) is 0 Å². The van der Waals surface area contributed by atoms with Gasteiger partial charge < -0.3 is 5.73 Å². The Hall–Kier alpha value is -3.12. The summed E-state index contributed by atoms with van der Waals surface area (Å²) in [5.41, 5.74) is 6.12. The Kier molecular flexibility index (Phi) is 5.80. The topological polar surface area (TPSA) is 56.0 Å². The molecule has 28 heavy (non-hydrogen) atoms. The first-order valence-electron chi connectivity index (χ1n) is 8.19. The fraction of sp³-hybridized carbons (Fsp3) is 0.0476. The van der Waals surface area contributed by atoms with Gasteiger partial charge in [0, 0.05) is 46.7 Å². The Morgan fingerprint density at radius 1 is 1.00 bits per heavy atom. The van der Waals surface area contributed by atoms with E-state index in [0.29, 0.717) is 11.6 Å². The van der Waals surface area contributed by atoms with E-state index in [4.69, 9.17) is 17.3 Å². The fourth-order valence-electron chi connectivity index (χ4n) is 2.71. The molecule has 0 amide bonds. The number of ketones is 1. The van der Waals surface area contributed by atoms with Crippen LogP contribution < -0.4 is 5.73 Å². The molecule has 0 radical (unpaired) electrons. The molecule has 0 spiro atoms. The minimum atomic E-state index is -1.03. The van der Waals surface area contributed by atoms with Crippen LogP contribution in [0.5, 0.6) is 0 Å². The first-order valence-corrected chi connectivity index (χ1v) is 8.57. The molecule has 1 aromatic heterocycles. The van der Waals surface area contributed by atoms with Crippen molar-refractivity contribution in [3.05, 3.63) is 106 Å². The van der Waals surface area contributed by atoms with Gasteiger partial charge >= 0.3 is 0 Å². The molecule has 2 aromatic carbocycles. The Morgan fingerprint density at radius 3 is 2.36 bits per heavy atom. The quantitative estimate of drug-likeness (QED) is 0.485. The summed E-state index contributed by atoms with van der Waals surface area (Å²) in [7, 11) is 0. The zero-order chi connectivity index (χ0) is 20.3. The van der Waals surface area contributed by atoms with Crippen molar-refractivity contribution in [2.75, 3.05) is 0 Å². The van der Waals surface area contributed by atoms with Gasteiger partial charge in [0.2, 0.25) is 0 Å². The molecule has 0 aliphatic rings. The summed E-state index contributed by atoms with van der Waals surface area (Å²) < 4.78 is 41.7. The molecule has 142 valence electrons. The molecule has 0 saturated carbocycles. The van der Waals surface area contributed by atoms with Crippen LogP contribution in [0.15, 0.2) is 66.5 Å². The first kappa shape index (κ1) is 19.6. The highest BCUT2D eigenvalue weighted by Gasteiger charge is 2.22. The summed E-state index contributed by atoms with van der Waals surface area (Å²) in [6, 6.07) is 9.80. The fourth-order valence-corrected chi connectivity index (χ4v) is 2.87. The predicted molar refractivity (Wildman–Crippen MR) is 101 cm³/mol. The second kappa shape index (κ2) is 8.27. The standard InChI is InChI=1S/C21H14ClF3N2O/c22-13-3-5-15(18(24)9-13)20(26)17(8-12-2-1-7-27-11-12)21(28)16-6-4-14(23)10-19(16)25/h1-7,9-11H,8,26H2. The molecule has 3 rings (SSSR count). The highest BCUT2D eigenvalue weighted by Crippen LogP contribution is 2.26. The number of aromatic nitrogens is 1. The van der Waals surface area contributed by atoms with E-state index in [1.165, 1.54) is 18.3 Å². The average molecular weight is 403 g/mol. The number of carbonyl (C=O) groups excluding carboxylic acids is 1. The summed E-state index contributed by atoms with van der Waals surface area (Å²) in [5, 5.41) is 0.166. The number of carbonyl (C=O) groups is 1. The summed E-state index contributed by atoms with van der Waals surface area (Å²) in [4.78, 5) is 17.0. The predicted octanol–water partition coefficient (Wildman–Crippen LogP) is 4.95. The molecule has 0 unspecified atom stereocenters. The monoisotopic (exact) mass is 402 g/mol. The van der Waals surface area contributed by atoms with Crippen molar-refractivity contribution in [3.8, 4) is 0 Å². The minimum Gasteiger partial charge on any atom is -0.398 e. The smallest absolute Gasteiger partial charge is 0.194 e. The van der Waals surface area contributed by atoms with E-state index in [-0.39, 0.29) is 33.8 Å². The van der Waals surface area contributed by atoms with Gasteiger partial charge in [-0.2, -0.15) is 0 Å². The number of nitrogens with zero attached hydrogens (tertiary/aromatic N) is 1. The molecule has 3 aromatic rings. The van der Waals surface area contributed by atoms with Crippen molar-refractivity contribution >= 4 is 23.1 Å². The molecule has 7 heteroatoms. The summed E-state index contributed by atoms with van der Waals surface area (Å²) >= 11 is 5.77. The van der Waals surface area contributed by atoms with Crippen molar-refractivity contribution < 1.29 is 18.0 Å². The summed E-state index contributed by atoms with van der Waals surface area (Å²) in [6.07, 6.45) is 3.05. The highest BCUT2D eigenvalue weighted by molar-refractivity contribution is 6.30. The van der Waals surface area contributed by atoms with Crippen LogP contribution in [0.3, 0.4) is 0 Å². The third-order valence-electron chi connectivity index (χ3n) is 4.10. The van der Waals surface area contributed by atoms with Crippen molar-refractivity contribution in [2.24, 2.45) is 5.73 Å². The number of benzene rings is 2. The number of hydrogen-bond donors (Lipinski definition) is 1. The maximum absolute atomic E-state index is 14.4. The first-order chi connectivity index (χ1) is 13.4. The van der Waals surface area contributed by atoms with Gasteiger partial charge in [0.1, 0.15) is 17.5 Å². The molecule has 3 nitrogen and oxygen atoms in total. The van der Waals surface area contributed by atoms with Crippen LogP contribution in [0, 0.1) is 17.5 Å². The molecule has 1 heterocycles. The molecule has 0 fully saturated rings. The zero-order valence-corrected chi connectivity index (χ0v) is 15.2. The Labute approximate surface area is 164 Å². The third kappa shape index (κ3) is 4.23. The van der Waals surface area contributed by atoms with Crippen LogP contribution in [-0.4, -0.2) is 10.8 Å². The van der Waals surface area contributed by atoms with E-state index in [1.807, 2.05) is 0 Å². The molecule has 0 atom stereocenters. The zero-order valence-electron chi connectivity index (χ0n) is 14.4. The van der Waals surface area contributed by atoms with Crippen LogP contribution in [0.2, 0.25) is 5.02 Å². The number of rotatable bonds is 5. The number of allylic oxidation sites excluding steroid dienone is 1. The second-order valence-corrected chi connectivity index (χ2v) is 6.44. The maximum Gasteiger partial charge on any atom is 0.194 e. The molecule has 0 aliphatic carbocycles. The van der Waals surface area contributed by atoms with Gasteiger partial charge in [0.05, 0.1) is 5.56 Å². The van der Waals surface area contributed by atoms with Gasteiger partial charge in [0.25, 0.3) is 0 Å². The number of hydrogen-bond acceptors (Lipinski definition) is 3. The van der Waals surface area contributed by atoms with Gasteiger partial charge in [-0.3, -0.25) is 9.78 Å². The third-order valence-corrected chi connectivity index (χ3v) is 4.34. The van der Waals surface area contributed by atoms with Crippen LogP contribution in [0.1, 0.15) is 21.5 Å². The van der Waals surface area contributed by atoms with E-state index in [1.54, 1.807) is 18.3 Å². The minimum absolute atomic E-state index is 0.0165. The Morgan fingerprint density at radius 2 is 1.71 bits per heavy atom.